The Balaban J connectivity index is 1.18. The lowest BCUT2D eigenvalue weighted by Gasteiger charge is -2.16. The van der Waals surface area contributed by atoms with Gasteiger partial charge in [0.15, 0.2) is 5.82 Å². The standard InChI is InChI=1S/C27H25ClN6O3/c1-16-17(2)32-34(18(16)3)24-12-13-25(31-30-24)37-23-10-6-21(7-11-23)29-27(36)19-14-26(35)33(15-19)22-8-4-20(28)5-9-22/h4-13,19H,14-15H2,1-3H3,(H,29,36). The third-order valence-electron chi connectivity index (χ3n) is 6.47. The van der Waals surface area contributed by atoms with Crippen molar-refractivity contribution in [1.29, 1.82) is 0 Å². The van der Waals surface area contributed by atoms with Gasteiger partial charge in [-0.1, -0.05) is 11.6 Å². The third-order valence-corrected chi connectivity index (χ3v) is 6.73. The summed E-state index contributed by atoms with van der Waals surface area (Å²) >= 11 is 5.93. The molecule has 1 aliphatic rings. The molecule has 10 heteroatoms. The van der Waals surface area contributed by atoms with Gasteiger partial charge in [0.1, 0.15) is 5.75 Å². The van der Waals surface area contributed by atoms with E-state index < -0.39 is 5.92 Å². The number of carbonyl (C=O) groups is 2. The average Bonchev–Trinajstić information content (AvgIpc) is 3.41. The van der Waals surface area contributed by atoms with Crippen LogP contribution in [-0.2, 0) is 9.59 Å². The number of hydrogen-bond acceptors (Lipinski definition) is 6. The van der Waals surface area contributed by atoms with Gasteiger partial charge in [0.2, 0.25) is 17.7 Å². The second-order valence-corrected chi connectivity index (χ2v) is 9.37. The van der Waals surface area contributed by atoms with E-state index in [9.17, 15) is 9.59 Å². The Morgan fingerprint density at radius 1 is 1.00 bits per heavy atom. The maximum absolute atomic E-state index is 12.8. The van der Waals surface area contributed by atoms with Crippen LogP contribution in [0.15, 0.2) is 60.7 Å². The van der Waals surface area contributed by atoms with Crippen molar-refractivity contribution in [3.8, 4) is 17.4 Å². The van der Waals surface area contributed by atoms with Crippen molar-refractivity contribution >= 4 is 34.8 Å². The first kappa shape index (κ1) is 24.5. The average molecular weight is 517 g/mol. The predicted octanol–water partition coefficient (Wildman–Crippen LogP) is 5.02. The van der Waals surface area contributed by atoms with Crippen LogP contribution in [0.4, 0.5) is 11.4 Å². The van der Waals surface area contributed by atoms with Gasteiger partial charge in [0.25, 0.3) is 0 Å². The first-order valence-electron chi connectivity index (χ1n) is 11.8. The number of hydrogen-bond donors (Lipinski definition) is 1. The quantitative estimate of drug-likeness (QED) is 0.386. The van der Waals surface area contributed by atoms with Crippen LogP contribution in [0.2, 0.25) is 5.02 Å². The minimum absolute atomic E-state index is 0.0914. The SMILES string of the molecule is Cc1nn(-c2ccc(Oc3ccc(NC(=O)C4CC(=O)N(c5ccc(Cl)cc5)C4)cc3)nn2)c(C)c1C. The lowest BCUT2D eigenvalue weighted by molar-refractivity contribution is -0.122. The van der Waals surface area contributed by atoms with E-state index in [1.165, 1.54) is 0 Å². The summed E-state index contributed by atoms with van der Waals surface area (Å²) in [4.78, 5) is 26.9. The molecule has 2 amide bonds. The van der Waals surface area contributed by atoms with Gasteiger partial charge in [-0.15, -0.1) is 10.2 Å². The van der Waals surface area contributed by atoms with Crippen LogP contribution in [0.25, 0.3) is 5.82 Å². The molecule has 1 saturated heterocycles. The summed E-state index contributed by atoms with van der Waals surface area (Å²) in [5, 5.41) is 16.4. The Kier molecular flexibility index (Phi) is 6.62. The van der Waals surface area contributed by atoms with Crippen LogP contribution in [0, 0.1) is 26.7 Å². The van der Waals surface area contributed by atoms with E-state index in [0.717, 1.165) is 22.6 Å². The number of aromatic nitrogens is 4. The summed E-state index contributed by atoms with van der Waals surface area (Å²) in [5.41, 5.74) is 4.42. The molecule has 2 aromatic carbocycles. The van der Waals surface area contributed by atoms with Gasteiger partial charge in [-0.25, -0.2) is 4.68 Å². The third kappa shape index (κ3) is 5.17. The van der Waals surface area contributed by atoms with Gasteiger partial charge < -0.3 is 15.0 Å². The normalized spacial score (nSPS) is 15.2. The summed E-state index contributed by atoms with van der Waals surface area (Å²) in [5.74, 6) is 0.751. The Bertz CT molecular complexity index is 1450. The summed E-state index contributed by atoms with van der Waals surface area (Å²) < 4.78 is 7.55. The topological polar surface area (TPSA) is 102 Å². The Labute approximate surface area is 219 Å². The first-order valence-corrected chi connectivity index (χ1v) is 12.2. The van der Waals surface area contributed by atoms with E-state index in [-0.39, 0.29) is 18.2 Å². The molecule has 0 aliphatic carbocycles. The van der Waals surface area contributed by atoms with Gasteiger partial charge in [0.05, 0.1) is 11.6 Å². The predicted molar refractivity (Wildman–Crippen MR) is 140 cm³/mol. The lowest BCUT2D eigenvalue weighted by atomic mass is 10.1. The first-order chi connectivity index (χ1) is 17.8. The molecule has 0 radical (unpaired) electrons. The molecule has 4 aromatic rings. The molecule has 0 spiro atoms. The Hall–Kier alpha value is -4.24. The molecule has 188 valence electrons. The van der Waals surface area contributed by atoms with Crippen LogP contribution in [0.5, 0.6) is 11.6 Å². The van der Waals surface area contributed by atoms with Gasteiger partial charge in [-0.3, -0.25) is 9.59 Å². The number of halogens is 1. The van der Waals surface area contributed by atoms with Gasteiger partial charge in [-0.2, -0.15) is 5.10 Å². The number of benzene rings is 2. The highest BCUT2D eigenvalue weighted by Gasteiger charge is 2.35. The molecular formula is C27H25ClN6O3. The highest BCUT2D eigenvalue weighted by Crippen LogP contribution is 2.28. The molecule has 0 bridgehead atoms. The van der Waals surface area contributed by atoms with Crippen molar-refractivity contribution in [3.63, 3.8) is 0 Å². The van der Waals surface area contributed by atoms with Gasteiger partial charge in [0, 0.05) is 41.1 Å². The van der Waals surface area contributed by atoms with Crippen molar-refractivity contribution in [2.75, 3.05) is 16.8 Å². The van der Waals surface area contributed by atoms with Crippen molar-refractivity contribution in [2.45, 2.75) is 27.2 Å². The molecule has 1 unspecified atom stereocenters. The highest BCUT2D eigenvalue weighted by molar-refractivity contribution is 6.30. The minimum atomic E-state index is -0.445. The summed E-state index contributed by atoms with van der Waals surface area (Å²) in [6.07, 6.45) is 0.154. The highest BCUT2D eigenvalue weighted by atomic mass is 35.5. The molecule has 1 atom stereocenters. The van der Waals surface area contributed by atoms with Crippen LogP contribution < -0.4 is 15.0 Å². The fraction of sp³-hybridized carbons (Fsp3) is 0.222. The molecule has 3 heterocycles. The van der Waals surface area contributed by atoms with Crippen LogP contribution in [0.1, 0.15) is 23.4 Å². The second kappa shape index (κ2) is 10.0. The van der Waals surface area contributed by atoms with E-state index >= 15 is 0 Å². The summed E-state index contributed by atoms with van der Waals surface area (Å²) in [6.45, 7) is 6.29. The molecule has 1 aliphatic heterocycles. The van der Waals surface area contributed by atoms with E-state index in [0.29, 0.717) is 34.7 Å². The number of aryl methyl sites for hydroxylation is 1. The molecule has 5 rings (SSSR count). The van der Waals surface area contributed by atoms with Crippen molar-refractivity contribution in [1.82, 2.24) is 20.0 Å². The molecule has 0 saturated carbocycles. The largest absolute Gasteiger partial charge is 0.438 e. The lowest BCUT2D eigenvalue weighted by Crippen LogP contribution is -2.28. The van der Waals surface area contributed by atoms with Crippen LogP contribution in [-0.4, -0.2) is 38.3 Å². The zero-order chi connectivity index (χ0) is 26.1. The number of nitrogens with one attached hydrogen (secondary N) is 1. The monoisotopic (exact) mass is 516 g/mol. The van der Waals surface area contributed by atoms with E-state index in [2.05, 4.69) is 20.6 Å². The molecule has 9 nitrogen and oxygen atoms in total. The fourth-order valence-corrected chi connectivity index (χ4v) is 4.28. The van der Waals surface area contributed by atoms with Crippen molar-refractivity contribution in [3.05, 3.63) is 82.6 Å². The maximum atomic E-state index is 12.8. The summed E-state index contributed by atoms with van der Waals surface area (Å²) in [7, 11) is 0. The van der Waals surface area contributed by atoms with E-state index in [1.807, 2.05) is 20.8 Å². The number of anilines is 2. The van der Waals surface area contributed by atoms with Gasteiger partial charge >= 0.3 is 0 Å². The van der Waals surface area contributed by atoms with Gasteiger partial charge in [-0.05, 0) is 80.9 Å². The number of rotatable bonds is 6. The molecule has 1 fully saturated rings. The van der Waals surface area contributed by atoms with Crippen LogP contribution in [0.3, 0.4) is 0 Å². The van der Waals surface area contributed by atoms with E-state index in [1.54, 1.807) is 70.2 Å². The Morgan fingerprint density at radius 2 is 1.73 bits per heavy atom. The van der Waals surface area contributed by atoms with Crippen LogP contribution >= 0.6 is 11.6 Å². The zero-order valence-corrected chi connectivity index (χ0v) is 21.4. The number of carbonyl (C=O) groups excluding carboxylic acids is 2. The number of nitrogens with zero attached hydrogens (tertiary/aromatic N) is 5. The van der Waals surface area contributed by atoms with Crippen molar-refractivity contribution in [2.24, 2.45) is 5.92 Å². The molecular weight excluding hydrogens is 492 g/mol. The second-order valence-electron chi connectivity index (χ2n) is 8.93. The Morgan fingerprint density at radius 3 is 2.35 bits per heavy atom. The van der Waals surface area contributed by atoms with E-state index in [4.69, 9.17) is 16.3 Å². The minimum Gasteiger partial charge on any atom is -0.438 e. The maximum Gasteiger partial charge on any atom is 0.238 e. The fourth-order valence-electron chi connectivity index (χ4n) is 4.15. The smallest absolute Gasteiger partial charge is 0.238 e. The zero-order valence-electron chi connectivity index (χ0n) is 20.6. The molecule has 2 aromatic heterocycles. The molecule has 1 N–H and O–H groups in total. The number of amides is 2. The molecule has 37 heavy (non-hydrogen) atoms. The van der Waals surface area contributed by atoms with Crippen molar-refractivity contribution < 1.29 is 14.3 Å². The number of ether oxygens (including phenoxy) is 1. The summed E-state index contributed by atoms with van der Waals surface area (Å²) in [6, 6.07) is 17.5.